The van der Waals surface area contributed by atoms with E-state index >= 15 is 0 Å². The summed E-state index contributed by atoms with van der Waals surface area (Å²) >= 11 is 0. The Labute approximate surface area is 132 Å². The minimum atomic E-state index is -2.75. The van der Waals surface area contributed by atoms with Gasteiger partial charge in [-0.25, -0.2) is 0 Å². The fourth-order valence-electron chi connectivity index (χ4n) is 2.34. The van der Waals surface area contributed by atoms with Crippen molar-refractivity contribution in [3.63, 3.8) is 0 Å². The van der Waals surface area contributed by atoms with Gasteiger partial charge in [-0.2, -0.15) is 0 Å². The van der Waals surface area contributed by atoms with Crippen molar-refractivity contribution < 1.29 is 9.67 Å². The third kappa shape index (κ3) is 4.19. The lowest BCUT2D eigenvalue weighted by molar-refractivity contribution is 0.161. The third-order valence-corrected chi connectivity index (χ3v) is 6.49. The van der Waals surface area contributed by atoms with E-state index in [0.29, 0.717) is 6.42 Å². The summed E-state index contributed by atoms with van der Waals surface area (Å²) in [6.45, 7) is 1.97. The molecular weight excluding hydrogens is 291 g/mol. The quantitative estimate of drug-likeness (QED) is 0.782. The van der Waals surface area contributed by atoms with Crippen LogP contribution < -0.4 is 10.6 Å². The molecule has 0 amide bonds. The third-order valence-electron chi connectivity index (χ3n) is 3.73. The van der Waals surface area contributed by atoms with Gasteiger partial charge in [0.15, 0.2) is 7.14 Å². The molecule has 2 aromatic carbocycles. The number of allylic oxidation sites excluding steroid dienone is 1. The number of aliphatic hydroxyl groups is 1. The van der Waals surface area contributed by atoms with Gasteiger partial charge in [0.2, 0.25) is 0 Å². The molecule has 116 valence electrons. The van der Waals surface area contributed by atoms with Crippen molar-refractivity contribution in [3.8, 4) is 0 Å². The number of hydrogen-bond acceptors (Lipinski definition) is 2. The number of hydrogen-bond donors (Lipinski definition) is 1. The molecule has 2 rings (SSSR count). The van der Waals surface area contributed by atoms with Crippen LogP contribution in [0.1, 0.15) is 26.2 Å². The molecule has 0 aliphatic rings. The molecule has 0 aromatic heterocycles. The molecule has 1 atom stereocenters. The van der Waals surface area contributed by atoms with Gasteiger partial charge in [-0.15, -0.1) is 0 Å². The standard InChI is InChI=1S/C19H23O2P/c1-2-17(20)11-9-10-16-22(21,18-12-5-3-6-13-18)19-14-7-4-8-15-19/h3-8,10,12-17,20H,2,9,11H2,1H3/b16-10+. The Balaban J connectivity index is 2.28. The molecule has 1 N–H and O–H groups in total. The summed E-state index contributed by atoms with van der Waals surface area (Å²) in [4.78, 5) is 0. The zero-order valence-corrected chi connectivity index (χ0v) is 13.8. The highest BCUT2D eigenvalue weighted by Gasteiger charge is 2.23. The van der Waals surface area contributed by atoms with Gasteiger partial charge in [-0.1, -0.05) is 73.7 Å². The van der Waals surface area contributed by atoms with E-state index in [0.717, 1.165) is 23.5 Å². The Morgan fingerprint density at radius 1 is 1.00 bits per heavy atom. The van der Waals surface area contributed by atoms with Crippen molar-refractivity contribution in [2.75, 3.05) is 0 Å². The number of aliphatic hydroxyl groups excluding tert-OH is 1. The summed E-state index contributed by atoms with van der Waals surface area (Å²) in [5, 5.41) is 11.3. The summed E-state index contributed by atoms with van der Waals surface area (Å²) < 4.78 is 13.6. The van der Waals surface area contributed by atoms with Crippen LogP contribution in [0.3, 0.4) is 0 Å². The van der Waals surface area contributed by atoms with Crippen LogP contribution in [0.25, 0.3) is 0 Å². The fourth-order valence-corrected chi connectivity index (χ4v) is 4.65. The first-order valence-corrected chi connectivity index (χ1v) is 9.51. The minimum Gasteiger partial charge on any atom is -0.393 e. The second-order valence-corrected chi connectivity index (χ2v) is 8.00. The second kappa shape index (κ2) is 8.12. The van der Waals surface area contributed by atoms with Crippen LogP contribution in [0.5, 0.6) is 0 Å². The molecular formula is C19H23O2P. The van der Waals surface area contributed by atoms with Gasteiger partial charge >= 0.3 is 0 Å². The van der Waals surface area contributed by atoms with E-state index in [1.54, 1.807) is 0 Å². The SMILES string of the molecule is CCC(O)CC/C=C/P(=O)(c1ccccc1)c1ccccc1. The van der Waals surface area contributed by atoms with Crippen molar-refractivity contribution in [1.82, 2.24) is 0 Å². The van der Waals surface area contributed by atoms with E-state index in [-0.39, 0.29) is 6.10 Å². The predicted octanol–water partition coefficient (Wildman–Crippen LogP) is 4.07. The van der Waals surface area contributed by atoms with E-state index in [9.17, 15) is 9.67 Å². The van der Waals surface area contributed by atoms with Crippen molar-refractivity contribution in [2.45, 2.75) is 32.3 Å². The molecule has 2 nitrogen and oxygen atoms in total. The first kappa shape index (κ1) is 16.7. The van der Waals surface area contributed by atoms with Crippen molar-refractivity contribution in [3.05, 3.63) is 72.6 Å². The molecule has 0 spiro atoms. The summed E-state index contributed by atoms with van der Waals surface area (Å²) in [6, 6.07) is 19.2. The lowest BCUT2D eigenvalue weighted by atomic mass is 10.1. The summed E-state index contributed by atoms with van der Waals surface area (Å²) in [7, 11) is -2.75. The second-order valence-electron chi connectivity index (χ2n) is 5.35. The Morgan fingerprint density at radius 2 is 1.50 bits per heavy atom. The molecule has 0 saturated carbocycles. The largest absolute Gasteiger partial charge is 0.393 e. The molecule has 1 unspecified atom stereocenters. The molecule has 0 aliphatic carbocycles. The Hall–Kier alpha value is -1.63. The lowest BCUT2D eigenvalue weighted by Gasteiger charge is -2.15. The van der Waals surface area contributed by atoms with Crippen LogP contribution in [-0.4, -0.2) is 11.2 Å². The lowest BCUT2D eigenvalue weighted by Crippen LogP contribution is -2.13. The zero-order chi connectivity index (χ0) is 15.8. The Bertz CT molecular complexity index is 591. The molecule has 2 aromatic rings. The van der Waals surface area contributed by atoms with Crippen molar-refractivity contribution in [1.29, 1.82) is 0 Å². The summed E-state index contributed by atoms with van der Waals surface area (Å²) in [5.74, 6) is 1.83. The minimum absolute atomic E-state index is 0.280. The maximum atomic E-state index is 13.6. The Morgan fingerprint density at radius 3 is 1.95 bits per heavy atom. The van der Waals surface area contributed by atoms with E-state index in [1.807, 2.05) is 79.5 Å². The molecule has 0 saturated heterocycles. The normalized spacial score (nSPS) is 13.4. The maximum Gasteiger partial charge on any atom is 0.163 e. The number of benzene rings is 2. The first-order chi connectivity index (χ1) is 10.7. The van der Waals surface area contributed by atoms with Gasteiger partial charge in [0.25, 0.3) is 0 Å². The van der Waals surface area contributed by atoms with E-state index in [1.165, 1.54) is 0 Å². The molecule has 0 fully saturated rings. The van der Waals surface area contributed by atoms with Gasteiger partial charge in [0.1, 0.15) is 0 Å². The highest BCUT2D eigenvalue weighted by atomic mass is 31.2. The molecule has 0 heterocycles. The van der Waals surface area contributed by atoms with Crippen LogP contribution in [0.2, 0.25) is 0 Å². The number of rotatable bonds is 7. The maximum absolute atomic E-state index is 13.6. The summed E-state index contributed by atoms with van der Waals surface area (Å²) in [5.41, 5.74) is 0. The van der Waals surface area contributed by atoms with Gasteiger partial charge < -0.3 is 9.67 Å². The predicted molar refractivity (Wildman–Crippen MR) is 94.4 cm³/mol. The van der Waals surface area contributed by atoms with E-state index in [4.69, 9.17) is 0 Å². The van der Waals surface area contributed by atoms with Crippen LogP contribution in [0, 0.1) is 0 Å². The first-order valence-electron chi connectivity index (χ1n) is 7.73. The average molecular weight is 314 g/mol. The average Bonchev–Trinajstić information content (AvgIpc) is 2.59. The van der Waals surface area contributed by atoms with Gasteiger partial charge in [0.05, 0.1) is 6.10 Å². The monoisotopic (exact) mass is 314 g/mol. The molecule has 0 aliphatic heterocycles. The molecule has 3 heteroatoms. The highest BCUT2D eigenvalue weighted by Crippen LogP contribution is 2.45. The topological polar surface area (TPSA) is 37.3 Å². The van der Waals surface area contributed by atoms with Crippen LogP contribution in [-0.2, 0) is 4.57 Å². The fraction of sp³-hybridized carbons (Fsp3) is 0.263. The van der Waals surface area contributed by atoms with Crippen molar-refractivity contribution >= 4 is 17.8 Å². The summed E-state index contributed by atoms with van der Waals surface area (Å²) in [6.07, 6.45) is 3.86. The van der Waals surface area contributed by atoms with Crippen LogP contribution in [0.4, 0.5) is 0 Å². The van der Waals surface area contributed by atoms with Gasteiger partial charge in [-0.3, -0.25) is 0 Å². The zero-order valence-electron chi connectivity index (χ0n) is 12.9. The van der Waals surface area contributed by atoms with Crippen LogP contribution >= 0.6 is 7.14 Å². The van der Waals surface area contributed by atoms with E-state index in [2.05, 4.69) is 0 Å². The van der Waals surface area contributed by atoms with E-state index < -0.39 is 7.14 Å². The smallest absolute Gasteiger partial charge is 0.163 e. The molecule has 0 radical (unpaired) electrons. The highest BCUT2D eigenvalue weighted by molar-refractivity contribution is 7.81. The van der Waals surface area contributed by atoms with Crippen molar-refractivity contribution in [2.24, 2.45) is 0 Å². The Kier molecular flexibility index (Phi) is 6.18. The molecule has 0 bridgehead atoms. The van der Waals surface area contributed by atoms with Gasteiger partial charge in [0, 0.05) is 10.6 Å². The molecule has 22 heavy (non-hydrogen) atoms. The van der Waals surface area contributed by atoms with Crippen LogP contribution in [0.15, 0.2) is 72.6 Å². The van der Waals surface area contributed by atoms with Gasteiger partial charge in [-0.05, 0) is 25.1 Å².